The predicted octanol–water partition coefficient (Wildman–Crippen LogP) is 4.01. The molecule has 2 heterocycles. The third-order valence-electron chi connectivity index (χ3n) is 4.45. The van der Waals surface area contributed by atoms with Crippen LogP contribution in [-0.2, 0) is 13.1 Å². The SMILES string of the molecule is O=c1nc(Nc2ccc(O)cc2)n(Cc2ccc(Cl)cc2)c2ncn(CC(F)F)c12. The first-order valence-corrected chi connectivity index (χ1v) is 9.33. The van der Waals surface area contributed by atoms with E-state index in [0.717, 1.165) is 10.1 Å². The minimum atomic E-state index is -2.64. The Morgan fingerprint density at radius 2 is 1.80 bits per heavy atom. The summed E-state index contributed by atoms with van der Waals surface area (Å²) in [5, 5.41) is 13.1. The van der Waals surface area contributed by atoms with Crippen LogP contribution in [0.5, 0.6) is 5.75 Å². The molecule has 0 saturated heterocycles. The number of phenols is 1. The molecule has 4 aromatic rings. The number of alkyl halides is 2. The van der Waals surface area contributed by atoms with Crippen molar-refractivity contribution in [3.05, 3.63) is 75.8 Å². The fraction of sp³-hybridized carbons (Fsp3) is 0.150. The van der Waals surface area contributed by atoms with Gasteiger partial charge in [-0.3, -0.25) is 9.36 Å². The number of halogens is 3. The molecule has 2 aromatic carbocycles. The number of hydrogen-bond donors (Lipinski definition) is 2. The molecule has 0 aliphatic carbocycles. The molecule has 0 amide bonds. The number of nitrogens with one attached hydrogen (secondary N) is 1. The molecule has 0 unspecified atom stereocenters. The van der Waals surface area contributed by atoms with E-state index in [1.165, 1.54) is 18.5 Å². The van der Waals surface area contributed by atoms with Crippen LogP contribution in [0.3, 0.4) is 0 Å². The lowest BCUT2D eigenvalue weighted by molar-refractivity contribution is 0.128. The Kier molecular flexibility index (Phi) is 5.37. The minimum Gasteiger partial charge on any atom is -0.508 e. The van der Waals surface area contributed by atoms with Crippen LogP contribution in [0.4, 0.5) is 20.4 Å². The summed E-state index contributed by atoms with van der Waals surface area (Å²) >= 11 is 5.95. The van der Waals surface area contributed by atoms with Crippen molar-refractivity contribution in [3.8, 4) is 5.75 Å². The summed E-state index contributed by atoms with van der Waals surface area (Å²) in [7, 11) is 0. The zero-order valence-corrected chi connectivity index (χ0v) is 16.2. The van der Waals surface area contributed by atoms with Gasteiger partial charge in [-0.2, -0.15) is 4.98 Å². The van der Waals surface area contributed by atoms with Crippen LogP contribution >= 0.6 is 11.6 Å². The molecule has 0 radical (unpaired) electrons. The lowest BCUT2D eigenvalue weighted by Crippen LogP contribution is -2.21. The molecule has 0 atom stereocenters. The average molecular weight is 432 g/mol. The van der Waals surface area contributed by atoms with Gasteiger partial charge in [0.25, 0.3) is 6.43 Å². The summed E-state index contributed by atoms with van der Waals surface area (Å²) in [5.74, 6) is 0.281. The highest BCUT2D eigenvalue weighted by molar-refractivity contribution is 6.30. The highest BCUT2D eigenvalue weighted by Crippen LogP contribution is 2.22. The molecule has 7 nitrogen and oxygen atoms in total. The van der Waals surface area contributed by atoms with Crippen molar-refractivity contribution in [1.29, 1.82) is 0 Å². The maximum absolute atomic E-state index is 12.9. The second-order valence-electron chi connectivity index (χ2n) is 6.59. The van der Waals surface area contributed by atoms with Gasteiger partial charge in [0.15, 0.2) is 11.2 Å². The topological polar surface area (TPSA) is 85.0 Å². The van der Waals surface area contributed by atoms with Gasteiger partial charge in [0.05, 0.1) is 19.4 Å². The molecule has 10 heteroatoms. The number of benzene rings is 2. The zero-order chi connectivity index (χ0) is 21.3. The van der Waals surface area contributed by atoms with Crippen molar-refractivity contribution in [2.75, 3.05) is 5.32 Å². The Morgan fingerprint density at radius 1 is 1.10 bits per heavy atom. The van der Waals surface area contributed by atoms with Crippen LogP contribution in [0.25, 0.3) is 11.2 Å². The molecule has 0 spiro atoms. The minimum absolute atomic E-state index is 0.000481. The zero-order valence-electron chi connectivity index (χ0n) is 15.5. The number of fused-ring (bicyclic) bond motifs is 1. The van der Waals surface area contributed by atoms with Gasteiger partial charge in [0, 0.05) is 10.7 Å². The molecular weight excluding hydrogens is 416 g/mol. The van der Waals surface area contributed by atoms with Gasteiger partial charge in [0.2, 0.25) is 5.95 Å². The highest BCUT2D eigenvalue weighted by atomic mass is 35.5. The molecule has 2 aromatic heterocycles. The summed E-state index contributed by atoms with van der Waals surface area (Å²) in [5.41, 5.74) is 0.989. The van der Waals surface area contributed by atoms with Gasteiger partial charge in [0.1, 0.15) is 5.75 Å². The number of aromatic nitrogens is 4. The molecule has 0 bridgehead atoms. The van der Waals surface area contributed by atoms with Crippen LogP contribution in [-0.4, -0.2) is 30.6 Å². The third kappa shape index (κ3) is 4.11. The van der Waals surface area contributed by atoms with Crippen LogP contribution in [0.2, 0.25) is 5.02 Å². The maximum Gasteiger partial charge on any atom is 0.300 e. The smallest absolute Gasteiger partial charge is 0.300 e. The van der Waals surface area contributed by atoms with E-state index in [1.807, 2.05) is 12.1 Å². The summed E-state index contributed by atoms with van der Waals surface area (Å²) in [4.78, 5) is 20.9. The van der Waals surface area contributed by atoms with E-state index in [1.54, 1.807) is 28.8 Å². The maximum atomic E-state index is 12.9. The van der Waals surface area contributed by atoms with E-state index in [2.05, 4.69) is 15.3 Å². The molecule has 0 aliphatic heterocycles. The van der Waals surface area contributed by atoms with E-state index >= 15 is 0 Å². The molecule has 0 saturated carbocycles. The molecule has 0 aliphatic rings. The largest absolute Gasteiger partial charge is 0.508 e. The standard InChI is InChI=1S/C20H16ClF2N5O2/c21-13-3-1-12(2-4-13)9-28-18-17(27(11-24-18)10-16(22)23)19(30)26-20(28)25-14-5-7-15(29)8-6-14/h1-8,11,16,29H,9-10H2,(H,25,26,30). The molecule has 4 rings (SSSR count). The van der Waals surface area contributed by atoms with Gasteiger partial charge < -0.3 is 15.0 Å². The number of phenolic OH excluding ortho intramolecular Hbond substituents is 1. The van der Waals surface area contributed by atoms with E-state index in [0.29, 0.717) is 10.7 Å². The van der Waals surface area contributed by atoms with Crippen molar-refractivity contribution in [2.45, 2.75) is 19.5 Å². The van der Waals surface area contributed by atoms with E-state index in [4.69, 9.17) is 11.6 Å². The predicted molar refractivity (Wildman–Crippen MR) is 110 cm³/mol. The highest BCUT2D eigenvalue weighted by Gasteiger charge is 2.18. The Hall–Kier alpha value is -3.46. The first-order chi connectivity index (χ1) is 14.4. The Balaban J connectivity index is 1.84. The van der Waals surface area contributed by atoms with Crippen LogP contribution < -0.4 is 10.9 Å². The number of hydrogen-bond acceptors (Lipinski definition) is 5. The van der Waals surface area contributed by atoms with Crippen LogP contribution in [0, 0.1) is 0 Å². The van der Waals surface area contributed by atoms with Crippen molar-refractivity contribution >= 4 is 34.4 Å². The second kappa shape index (κ2) is 8.11. The molecule has 0 fully saturated rings. The average Bonchev–Trinajstić information content (AvgIpc) is 3.11. The monoisotopic (exact) mass is 431 g/mol. The Labute approximate surface area is 174 Å². The van der Waals surface area contributed by atoms with Gasteiger partial charge in [-0.1, -0.05) is 23.7 Å². The van der Waals surface area contributed by atoms with Crippen molar-refractivity contribution < 1.29 is 13.9 Å². The summed E-state index contributed by atoms with van der Waals surface area (Å²) in [6, 6.07) is 13.3. The lowest BCUT2D eigenvalue weighted by atomic mass is 10.2. The Morgan fingerprint density at radius 3 is 2.47 bits per heavy atom. The molecule has 154 valence electrons. The quantitative estimate of drug-likeness (QED) is 0.451. The van der Waals surface area contributed by atoms with E-state index in [-0.39, 0.29) is 29.4 Å². The second-order valence-corrected chi connectivity index (χ2v) is 7.02. The summed E-state index contributed by atoms with van der Waals surface area (Å²) in [6.45, 7) is -0.383. The first-order valence-electron chi connectivity index (χ1n) is 8.95. The molecular formula is C20H16ClF2N5O2. The van der Waals surface area contributed by atoms with E-state index < -0.39 is 18.5 Å². The van der Waals surface area contributed by atoms with Gasteiger partial charge >= 0.3 is 5.56 Å². The van der Waals surface area contributed by atoms with Crippen LogP contribution in [0.1, 0.15) is 5.56 Å². The first kappa shape index (κ1) is 19.8. The molecule has 30 heavy (non-hydrogen) atoms. The number of nitrogens with zero attached hydrogens (tertiary/aromatic N) is 4. The number of imidazole rings is 1. The fourth-order valence-electron chi connectivity index (χ4n) is 3.08. The van der Waals surface area contributed by atoms with Crippen molar-refractivity contribution in [1.82, 2.24) is 19.1 Å². The summed E-state index contributed by atoms with van der Waals surface area (Å²) in [6.07, 6.45) is -1.43. The summed E-state index contributed by atoms with van der Waals surface area (Å²) < 4.78 is 28.6. The lowest BCUT2D eigenvalue weighted by Gasteiger charge is -2.15. The Bertz CT molecular complexity index is 1240. The van der Waals surface area contributed by atoms with Gasteiger partial charge in [-0.05, 0) is 42.0 Å². The third-order valence-corrected chi connectivity index (χ3v) is 4.70. The van der Waals surface area contributed by atoms with Gasteiger partial charge in [-0.15, -0.1) is 0 Å². The van der Waals surface area contributed by atoms with Crippen molar-refractivity contribution in [3.63, 3.8) is 0 Å². The number of aromatic hydroxyl groups is 1. The number of anilines is 2. The van der Waals surface area contributed by atoms with E-state index in [9.17, 15) is 18.7 Å². The molecule has 2 N–H and O–H groups in total. The van der Waals surface area contributed by atoms with Gasteiger partial charge in [-0.25, -0.2) is 13.8 Å². The fourth-order valence-corrected chi connectivity index (χ4v) is 3.20. The number of rotatable bonds is 6. The van der Waals surface area contributed by atoms with Crippen LogP contribution in [0.15, 0.2) is 59.7 Å². The normalized spacial score (nSPS) is 11.3. The van der Waals surface area contributed by atoms with Crippen molar-refractivity contribution in [2.24, 2.45) is 0 Å².